The average Bonchev–Trinajstić information content (AvgIpc) is 3.30. The molecule has 1 aromatic carbocycles. The second kappa shape index (κ2) is 9.03. The van der Waals surface area contributed by atoms with E-state index in [9.17, 15) is 0 Å². The summed E-state index contributed by atoms with van der Waals surface area (Å²) >= 11 is 0. The summed E-state index contributed by atoms with van der Waals surface area (Å²) in [5, 5.41) is 3.88. The van der Waals surface area contributed by atoms with E-state index >= 15 is 0 Å². The molecule has 0 aliphatic heterocycles. The number of aromatic amines is 1. The molecule has 0 radical (unpaired) electrons. The van der Waals surface area contributed by atoms with Crippen LogP contribution in [0.15, 0.2) is 36.5 Å². The van der Waals surface area contributed by atoms with Crippen LogP contribution in [0.25, 0.3) is 11.3 Å². The number of benzene rings is 1. The molecule has 1 atom stereocenters. The lowest BCUT2D eigenvalue weighted by Crippen LogP contribution is -2.31. The van der Waals surface area contributed by atoms with E-state index in [1.54, 1.807) is 0 Å². The lowest BCUT2D eigenvalue weighted by Gasteiger charge is -2.21. The third-order valence-electron chi connectivity index (χ3n) is 5.14. The van der Waals surface area contributed by atoms with Crippen LogP contribution >= 0.6 is 0 Å². The Kier molecular flexibility index (Phi) is 6.48. The number of unbranched alkanes of at least 4 members (excludes halogenated alkanes) is 3. The molecule has 1 heterocycles. The number of H-pyrrole nitrogens is 1. The van der Waals surface area contributed by atoms with Gasteiger partial charge in [0, 0.05) is 17.8 Å². The third kappa shape index (κ3) is 4.70. The van der Waals surface area contributed by atoms with Gasteiger partial charge in [0.1, 0.15) is 5.82 Å². The number of nitrogens with zero attached hydrogens (tertiary/aromatic N) is 1. The Bertz CT molecular complexity index is 584. The normalized spacial score (nSPS) is 16.5. The van der Waals surface area contributed by atoms with Gasteiger partial charge in [-0.3, -0.25) is 0 Å². The molecular formula is C21H31N3. The number of imidazole rings is 1. The minimum atomic E-state index is 0.363. The highest BCUT2D eigenvalue weighted by atomic mass is 15.0. The Morgan fingerprint density at radius 2 is 1.92 bits per heavy atom. The van der Waals surface area contributed by atoms with Gasteiger partial charge < -0.3 is 10.3 Å². The topological polar surface area (TPSA) is 40.7 Å². The minimum Gasteiger partial charge on any atom is -0.347 e. The summed E-state index contributed by atoms with van der Waals surface area (Å²) in [5.74, 6) is 1.11. The van der Waals surface area contributed by atoms with Crippen molar-refractivity contribution >= 4 is 0 Å². The zero-order chi connectivity index (χ0) is 16.6. The summed E-state index contributed by atoms with van der Waals surface area (Å²) in [6.45, 7) is 2.27. The summed E-state index contributed by atoms with van der Waals surface area (Å²) in [4.78, 5) is 8.35. The summed E-state index contributed by atoms with van der Waals surface area (Å²) in [5.41, 5.74) is 2.24. The maximum atomic E-state index is 4.90. The largest absolute Gasteiger partial charge is 0.347 e. The molecule has 2 N–H and O–H groups in total. The van der Waals surface area contributed by atoms with Crippen LogP contribution in [0.1, 0.15) is 76.6 Å². The van der Waals surface area contributed by atoms with E-state index in [2.05, 4.69) is 53.8 Å². The van der Waals surface area contributed by atoms with Crippen molar-refractivity contribution in [2.24, 2.45) is 0 Å². The van der Waals surface area contributed by atoms with E-state index in [0.717, 1.165) is 11.5 Å². The number of nitrogens with one attached hydrogen (secondary N) is 2. The molecule has 130 valence electrons. The number of hydrogen-bond donors (Lipinski definition) is 2. The van der Waals surface area contributed by atoms with Crippen molar-refractivity contribution in [3.05, 3.63) is 42.4 Å². The minimum absolute atomic E-state index is 0.363. The van der Waals surface area contributed by atoms with Gasteiger partial charge in [0.05, 0.1) is 11.7 Å². The van der Waals surface area contributed by atoms with Gasteiger partial charge in [-0.25, -0.2) is 4.98 Å². The standard InChI is InChI=1S/C21H31N3/c1-2-3-4-8-15-19(23-18-13-9-10-14-18)21-22-16-20(24-21)17-11-6-5-7-12-17/h5-7,11-12,16,18-19,23H,2-4,8-10,13-15H2,1H3,(H,22,24)/t19-/m1/s1. The molecule has 0 saturated heterocycles. The van der Waals surface area contributed by atoms with E-state index in [0.29, 0.717) is 12.1 Å². The van der Waals surface area contributed by atoms with Crippen molar-refractivity contribution in [1.82, 2.24) is 15.3 Å². The Morgan fingerprint density at radius 3 is 2.67 bits per heavy atom. The van der Waals surface area contributed by atoms with Gasteiger partial charge in [0.2, 0.25) is 0 Å². The molecular weight excluding hydrogens is 294 g/mol. The smallest absolute Gasteiger partial charge is 0.124 e. The van der Waals surface area contributed by atoms with Crippen molar-refractivity contribution in [2.45, 2.75) is 76.8 Å². The fraction of sp³-hybridized carbons (Fsp3) is 0.571. The Hall–Kier alpha value is -1.61. The molecule has 1 aliphatic rings. The first-order chi connectivity index (χ1) is 11.9. The van der Waals surface area contributed by atoms with Crippen molar-refractivity contribution in [1.29, 1.82) is 0 Å². The number of hydrogen-bond acceptors (Lipinski definition) is 2. The molecule has 3 heteroatoms. The van der Waals surface area contributed by atoms with Gasteiger partial charge in [-0.2, -0.15) is 0 Å². The van der Waals surface area contributed by atoms with Crippen LogP contribution in [-0.4, -0.2) is 16.0 Å². The lowest BCUT2D eigenvalue weighted by atomic mass is 10.1. The summed E-state index contributed by atoms with van der Waals surface area (Å²) in [6, 6.07) is 11.5. The summed E-state index contributed by atoms with van der Waals surface area (Å²) < 4.78 is 0. The fourth-order valence-corrected chi connectivity index (χ4v) is 3.72. The molecule has 1 aromatic heterocycles. The average molecular weight is 325 g/mol. The van der Waals surface area contributed by atoms with Crippen LogP contribution in [0.4, 0.5) is 0 Å². The third-order valence-corrected chi connectivity index (χ3v) is 5.14. The maximum absolute atomic E-state index is 4.90. The zero-order valence-corrected chi connectivity index (χ0v) is 14.9. The van der Waals surface area contributed by atoms with Gasteiger partial charge in [0.25, 0.3) is 0 Å². The highest BCUT2D eigenvalue weighted by Crippen LogP contribution is 2.26. The first-order valence-electron chi connectivity index (χ1n) is 9.73. The number of rotatable bonds is 9. The molecule has 1 aliphatic carbocycles. The summed E-state index contributed by atoms with van der Waals surface area (Å²) in [7, 11) is 0. The fourth-order valence-electron chi connectivity index (χ4n) is 3.72. The molecule has 3 rings (SSSR count). The van der Waals surface area contributed by atoms with Crippen molar-refractivity contribution in [3.8, 4) is 11.3 Å². The molecule has 0 unspecified atom stereocenters. The SMILES string of the molecule is CCCCCC[C@@H](NC1CCCC1)c1nc(-c2ccccc2)c[nH]1. The van der Waals surface area contributed by atoms with Crippen molar-refractivity contribution in [2.75, 3.05) is 0 Å². The van der Waals surface area contributed by atoms with E-state index in [1.165, 1.54) is 63.4 Å². The van der Waals surface area contributed by atoms with Crippen LogP contribution in [0.3, 0.4) is 0 Å². The quantitative estimate of drug-likeness (QED) is 0.587. The molecule has 3 nitrogen and oxygen atoms in total. The van der Waals surface area contributed by atoms with Gasteiger partial charge >= 0.3 is 0 Å². The van der Waals surface area contributed by atoms with E-state index in [1.807, 2.05) is 0 Å². The van der Waals surface area contributed by atoms with Gasteiger partial charge in [-0.15, -0.1) is 0 Å². The predicted octanol–water partition coefficient (Wildman–Crippen LogP) is 5.62. The maximum Gasteiger partial charge on any atom is 0.124 e. The van der Waals surface area contributed by atoms with Crippen LogP contribution in [0.2, 0.25) is 0 Å². The first kappa shape index (κ1) is 17.2. The van der Waals surface area contributed by atoms with Gasteiger partial charge in [-0.05, 0) is 19.3 Å². The highest BCUT2D eigenvalue weighted by Gasteiger charge is 2.22. The lowest BCUT2D eigenvalue weighted by molar-refractivity contribution is 0.394. The van der Waals surface area contributed by atoms with Gasteiger partial charge in [-0.1, -0.05) is 75.8 Å². The highest BCUT2D eigenvalue weighted by molar-refractivity contribution is 5.58. The Labute approximate surface area is 146 Å². The van der Waals surface area contributed by atoms with E-state index in [4.69, 9.17) is 4.98 Å². The van der Waals surface area contributed by atoms with Crippen molar-refractivity contribution in [3.63, 3.8) is 0 Å². The predicted molar refractivity (Wildman–Crippen MR) is 101 cm³/mol. The molecule has 0 amide bonds. The number of aromatic nitrogens is 2. The van der Waals surface area contributed by atoms with Crippen LogP contribution in [-0.2, 0) is 0 Å². The first-order valence-corrected chi connectivity index (χ1v) is 9.73. The summed E-state index contributed by atoms with van der Waals surface area (Å²) in [6.07, 6.45) is 13.8. The molecule has 1 fully saturated rings. The van der Waals surface area contributed by atoms with Gasteiger partial charge in [0.15, 0.2) is 0 Å². The monoisotopic (exact) mass is 325 g/mol. The van der Waals surface area contributed by atoms with Crippen LogP contribution in [0, 0.1) is 0 Å². The van der Waals surface area contributed by atoms with E-state index < -0.39 is 0 Å². The second-order valence-corrected chi connectivity index (χ2v) is 7.09. The Balaban J connectivity index is 1.68. The Morgan fingerprint density at radius 1 is 1.12 bits per heavy atom. The van der Waals surface area contributed by atoms with Crippen LogP contribution in [0.5, 0.6) is 0 Å². The van der Waals surface area contributed by atoms with Crippen molar-refractivity contribution < 1.29 is 0 Å². The molecule has 0 spiro atoms. The zero-order valence-electron chi connectivity index (χ0n) is 14.9. The molecule has 1 saturated carbocycles. The molecule has 24 heavy (non-hydrogen) atoms. The van der Waals surface area contributed by atoms with Crippen LogP contribution < -0.4 is 5.32 Å². The van der Waals surface area contributed by atoms with E-state index in [-0.39, 0.29) is 0 Å². The molecule has 2 aromatic rings. The molecule has 0 bridgehead atoms. The second-order valence-electron chi connectivity index (χ2n) is 7.09.